The van der Waals surface area contributed by atoms with Crippen molar-refractivity contribution in [3.05, 3.63) is 0 Å². The Labute approximate surface area is 99.2 Å². The Morgan fingerprint density at radius 1 is 1.25 bits per heavy atom. The third kappa shape index (κ3) is 8.91. The molecule has 4 heteroatoms. The van der Waals surface area contributed by atoms with E-state index in [4.69, 9.17) is 0 Å². The molecule has 0 aromatic rings. The SMILES string of the molecule is [AlH3].[Ca+2].[Fe].[H-].[H-].[H-].[H-].[Mg+2]. The molecule has 0 saturated heterocycles. The van der Waals surface area contributed by atoms with Gasteiger partial charge in [0.15, 0.2) is 17.4 Å². The second-order valence-electron chi connectivity index (χ2n) is 0. The third-order valence-corrected chi connectivity index (χ3v) is 0. The fourth-order valence-corrected chi connectivity index (χ4v) is 0. The molecular weight excluding hydrogens is 147 g/mol. The molecule has 0 atom stereocenters. The molecule has 0 unspecified atom stereocenters. The van der Waals surface area contributed by atoms with Crippen LogP contribution in [0.1, 0.15) is 5.71 Å². The van der Waals surface area contributed by atoms with E-state index in [-0.39, 0.29) is 101 Å². The molecule has 0 saturated carbocycles. The number of rotatable bonds is 0. The second-order valence-corrected chi connectivity index (χ2v) is 0. The first-order valence-electron chi connectivity index (χ1n) is 0. The van der Waals surface area contributed by atoms with Gasteiger partial charge in [0.2, 0.25) is 0 Å². The van der Waals surface area contributed by atoms with E-state index in [2.05, 4.69) is 0 Å². The summed E-state index contributed by atoms with van der Waals surface area (Å²) >= 11 is 0. The zero-order valence-electron chi connectivity index (χ0n) is 5.77. The van der Waals surface area contributed by atoms with Gasteiger partial charge >= 0.3 is 60.8 Å². The standard InChI is InChI=1S/Al.Ca.Fe.Mg.7H/q;+2;;+2;;;;4*-1. The average Bonchev–Trinajstić information content (AvgIpc) is 0. The molecule has 0 aliphatic heterocycles. The fraction of sp³-hybridized carbons (Fsp3) is 0. The van der Waals surface area contributed by atoms with Crippen molar-refractivity contribution in [2.24, 2.45) is 0 Å². The summed E-state index contributed by atoms with van der Waals surface area (Å²) in [4.78, 5) is 0. The van der Waals surface area contributed by atoms with Crippen LogP contribution in [0.2, 0.25) is 0 Å². The first-order valence-corrected chi connectivity index (χ1v) is 0. The van der Waals surface area contributed by atoms with Crippen molar-refractivity contribution in [3.8, 4) is 0 Å². The summed E-state index contributed by atoms with van der Waals surface area (Å²) in [6.07, 6.45) is 0. The molecule has 0 fully saturated rings. The van der Waals surface area contributed by atoms with Gasteiger partial charge in [0, 0.05) is 17.1 Å². The van der Waals surface area contributed by atoms with Crippen molar-refractivity contribution in [1.29, 1.82) is 0 Å². The van der Waals surface area contributed by atoms with Crippen LogP contribution in [-0.4, -0.2) is 78.2 Å². The van der Waals surface area contributed by atoms with Crippen LogP contribution in [0, 0.1) is 0 Å². The molecule has 0 aliphatic carbocycles. The molecule has 0 N–H and O–H groups in total. The smallest absolute Gasteiger partial charge is 1.00 e. The van der Waals surface area contributed by atoms with E-state index in [1.165, 1.54) is 0 Å². The molecule has 4 heavy (non-hydrogen) atoms. The minimum Gasteiger partial charge on any atom is -1.00 e. The van der Waals surface area contributed by atoms with Crippen LogP contribution >= 0.6 is 0 Å². The largest absolute Gasteiger partial charge is 2.00 e. The molecule has 0 radical (unpaired) electrons. The quantitative estimate of drug-likeness (QED) is 0.373. The summed E-state index contributed by atoms with van der Waals surface area (Å²) in [5, 5.41) is 0. The van der Waals surface area contributed by atoms with Crippen molar-refractivity contribution in [1.82, 2.24) is 0 Å². The Bertz CT molecular complexity index is 16.0. The van der Waals surface area contributed by atoms with E-state index >= 15 is 0 Å². The fourth-order valence-electron chi connectivity index (χ4n) is 0. The van der Waals surface area contributed by atoms with Gasteiger partial charge in [-0.2, -0.15) is 0 Å². The van der Waals surface area contributed by atoms with Gasteiger partial charge in [-0.1, -0.05) is 0 Å². The van der Waals surface area contributed by atoms with Gasteiger partial charge in [0.25, 0.3) is 0 Å². The summed E-state index contributed by atoms with van der Waals surface area (Å²) in [5.74, 6) is 0. The maximum atomic E-state index is 0. The average molecular weight is 154 g/mol. The monoisotopic (exact) mass is 154 g/mol. The molecule has 0 aliphatic rings. The maximum Gasteiger partial charge on any atom is 2.00 e. The van der Waals surface area contributed by atoms with Crippen molar-refractivity contribution in [3.63, 3.8) is 0 Å². The Morgan fingerprint density at radius 3 is 1.25 bits per heavy atom. The third-order valence-electron chi connectivity index (χ3n) is 0. The normalized spacial score (nSPS) is 0. The molecule has 0 aromatic carbocycles. The number of hydrogen-bond acceptors (Lipinski definition) is 0. The first kappa shape index (κ1) is 27.6. The van der Waals surface area contributed by atoms with Gasteiger partial charge in [-0.15, -0.1) is 0 Å². The van der Waals surface area contributed by atoms with Gasteiger partial charge in [-0.3, -0.25) is 0 Å². The van der Waals surface area contributed by atoms with Crippen molar-refractivity contribution in [2.75, 3.05) is 0 Å². The van der Waals surface area contributed by atoms with Gasteiger partial charge in [-0.25, -0.2) is 0 Å². The summed E-state index contributed by atoms with van der Waals surface area (Å²) in [6.45, 7) is 0. The van der Waals surface area contributed by atoms with Crippen LogP contribution in [-0.2, 0) is 17.1 Å². The predicted octanol–water partition coefficient (Wildman–Crippen LogP) is -1.50. The summed E-state index contributed by atoms with van der Waals surface area (Å²) in [6, 6.07) is 0. The number of hydrogen-bond donors (Lipinski definition) is 0. The zero-order chi connectivity index (χ0) is 0. The summed E-state index contributed by atoms with van der Waals surface area (Å²) in [7, 11) is 0. The molecule has 0 heterocycles. The second kappa shape index (κ2) is 16.5. The Kier molecular flexibility index (Phi) is 114. The molecule has 0 nitrogen and oxygen atoms in total. The van der Waals surface area contributed by atoms with Crippen LogP contribution in [0.3, 0.4) is 0 Å². The van der Waals surface area contributed by atoms with Gasteiger partial charge in [-0.05, 0) is 0 Å². The summed E-state index contributed by atoms with van der Waals surface area (Å²) < 4.78 is 0. The molecule has 0 amide bonds. The van der Waals surface area contributed by atoms with E-state index in [9.17, 15) is 0 Å². The van der Waals surface area contributed by atoms with E-state index in [0.29, 0.717) is 0 Å². The van der Waals surface area contributed by atoms with E-state index in [1.54, 1.807) is 0 Å². The van der Waals surface area contributed by atoms with Gasteiger partial charge in [0.05, 0.1) is 0 Å². The molecule has 0 bridgehead atoms. The topological polar surface area (TPSA) is 0 Å². The van der Waals surface area contributed by atoms with E-state index < -0.39 is 0 Å². The van der Waals surface area contributed by atoms with Crippen molar-refractivity contribution in [2.45, 2.75) is 0 Å². The molecule has 22 valence electrons. The van der Waals surface area contributed by atoms with Crippen LogP contribution in [0.15, 0.2) is 0 Å². The van der Waals surface area contributed by atoms with Gasteiger partial charge in [0.1, 0.15) is 0 Å². The summed E-state index contributed by atoms with van der Waals surface area (Å²) in [5.41, 5.74) is 0. The van der Waals surface area contributed by atoms with Crippen LogP contribution in [0.25, 0.3) is 0 Å². The Balaban J connectivity index is 0. The Morgan fingerprint density at radius 2 is 1.25 bits per heavy atom. The van der Waals surface area contributed by atoms with Crippen molar-refractivity contribution < 1.29 is 22.8 Å². The first-order chi connectivity index (χ1) is 0. The van der Waals surface area contributed by atoms with Crippen LogP contribution < -0.4 is 0 Å². The molecular formula is H7AlCaFeMg. The maximum absolute atomic E-state index is 0. The van der Waals surface area contributed by atoms with Gasteiger partial charge < -0.3 is 5.71 Å². The zero-order valence-corrected chi connectivity index (χ0v) is 6.49. The van der Waals surface area contributed by atoms with Crippen LogP contribution in [0.5, 0.6) is 0 Å². The molecule has 0 spiro atoms. The van der Waals surface area contributed by atoms with Crippen molar-refractivity contribution >= 4 is 78.2 Å². The minimum atomic E-state index is 0. The van der Waals surface area contributed by atoms with Crippen LogP contribution in [0.4, 0.5) is 0 Å². The molecule has 0 aromatic heterocycles. The molecule has 0 rings (SSSR count). The van der Waals surface area contributed by atoms with E-state index in [1.807, 2.05) is 0 Å². The predicted molar refractivity (Wildman–Crippen MR) is 25.9 cm³/mol. The van der Waals surface area contributed by atoms with E-state index in [0.717, 1.165) is 0 Å². The Hall–Kier alpha value is 3.08. The minimum absolute atomic E-state index is 0.